The van der Waals surface area contributed by atoms with Crippen molar-refractivity contribution in [2.24, 2.45) is 0 Å². The van der Waals surface area contributed by atoms with Gasteiger partial charge in [-0.1, -0.05) is 0 Å². The Balaban J connectivity index is 2.84. The molecule has 0 bridgehead atoms. The minimum Gasteiger partial charge on any atom is -0.394 e. The van der Waals surface area contributed by atoms with Gasteiger partial charge >= 0.3 is 0 Å². The summed E-state index contributed by atoms with van der Waals surface area (Å²) in [4.78, 5) is 10.5. The van der Waals surface area contributed by atoms with Crippen molar-refractivity contribution in [1.82, 2.24) is 0 Å². The van der Waals surface area contributed by atoms with Gasteiger partial charge in [0.2, 0.25) is 0 Å². The summed E-state index contributed by atoms with van der Waals surface area (Å²) in [5.41, 5.74) is 0.424. The maximum absolute atomic E-state index is 10.9. The zero-order valence-electron chi connectivity index (χ0n) is 9.93. The molecule has 0 aliphatic rings. The number of nitrogens with zero attached hydrogens (tertiary/aromatic N) is 1. The number of hydrogen-bond donors (Lipinski definition) is 2. The molecule has 100 valence electrons. The quantitative estimate of drug-likeness (QED) is 0.438. The van der Waals surface area contributed by atoms with Crippen LogP contribution in [0.3, 0.4) is 0 Å². The van der Waals surface area contributed by atoms with E-state index in [1.54, 1.807) is 19.2 Å². The highest BCUT2D eigenvalue weighted by Gasteiger charge is 2.17. The first kappa shape index (κ1) is 15.1. The Morgan fingerprint density at radius 3 is 2.89 bits per heavy atom. The predicted octanol–water partition coefficient (Wildman–Crippen LogP) is 2.01. The Kier molecular flexibility index (Phi) is 6.30. The first-order chi connectivity index (χ1) is 8.58. The highest BCUT2D eigenvalue weighted by Crippen LogP contribution is 2.27. The average molecular weight is 366 g/mol. The van der Waals surface area contributed by atoms with E-state index in [-0.39, 0.29) is 18.3 Å². The molecule has 1 aromatic rings. The zero-order chi connectivity index (χ0) is 13.5. The van der Waals surface area contributed by atoms with Crippen molar-refractivity contribution in [3.63, 3.8) is 0 Å². The van der Waals surface area contributed by atoms with Crippen LogP contribution in [0.1, 0.15) is 6.42 Å². The Bertz CT molecular complexity index is 414. The Hall–Kier alpha value is -0.930. The molecule has 1 aromatic carbocycles. The first-order valence-electron chi connectivity index (χ1n) is 5.38. The van der Waals surface area contributed by atoms with Crippen LogP contribution in [-0.4, -0.2) is 36.4 Å². The number of nitro groups is 1. The van der Waals surface area contributed by atoms with Crippen LogP contribution in [0.2, 0.25) is 0 Å². The molecule has 0 radical (unpaired) electrons. The lowest BCUT2D eigenvalue weighted by Crippen LogP contribution is -2.25. The van der Waals surface area contributed by atoms with E-state index in [1.165, 1.54) is 6.07 Å². The highest BCUT2D eigenvalue weighted by molar-refractivity contribution is 14.1. The van der Waals surface area contributed by atoms with Crippen LogP contribution < -0.4 is 5.32 Å². The smallest absolute Gasteiger partial charge is 0.293 e. The lowest BCUT2D eigenvalue weighted by atomic mass is 10.2. The lowest BCUT2D eigenvalue weighted by Gasteiger charge is -2.17. The molecule has 1 atom stereocenters. The number of aliphatic hydroxyl groups is 1. The topological polar surface area (TPSA) is 84.6 Å². The fraction of sp³-hybridized carbons (Fsp3) is 0.455. The molecule has 0 aromatic heterocycles. The number of aliphatic hydroxyl groups excluding tert-OH is 1. The van der Waals surface area contributed by atoms with E-state index in [0.29, 0.717) is 18.7 Å². The van der Waals surface area contributed by atoms with Gasteiger partial charge in [0.25, 0.3) is 5.69 Å². The molecule has 1 unspecified atom stereocenters. The molecule has 0 saturated heterocycles. The maximum atomic E-state index is 10.9. The standard InChI is InChI=1S/C11H15IN2O4/c1-18-5-4-9(7-15)13-10-3-2-8(12)6-11(10)14(16)17/h2-3,6,9,13,15H,4-5,7H2,1H3. The summed E-state index contributed by atoms with van der Waals surface area (Å²) in [5, 5.41) is 23.1. The molecule has 0 aliphatic carbocycles. The number of ether oxygens (including phenoxy) is 1. The summed E-state index contributed by atoms with van der Waals surface area (Å²) >= 11 is 2.02. The molecule has 0 heterocycles. The van der Waals surface area contributed by atoms with E-state index < -0.39 is 4.92 Å². The highest BCUT2D eigenvalue weighted by atomic mass is 127. The molecule has 6 nitrogen and oxygen atoms in total. The van der Waals surface area contributed by atoms with E-state index in [4.69, 9.17) is 4.74 Å². The van der Waals surface area contributed by atoms with Crippen LogP contribution in [0.5, 0.6) is 0 Å². The minimum absolute atomic E-state index is 0.0118. The number of rotatable bonds is 7. The Morgan fingerprint density at radius 2 is 2.33 bits per heavy atom. The lowest BCUT2D eigenvalue weighted by molar-refractivity contribution is -0.384. The van der Waals surface area contributed by atoms with E-state index in [0.717, 1.165) is 3.57 Å². The summed E-state index contributed by atoms with van der Waals surface area (Å²) in [6.45, 7) is 0.378. The second-order valence-electron chi connectivity index (χ2n) is 3.72. The van der Waals surface area contributed by atoms with Gasteiger partial charge in [-0.15, -0.1) is 0 Å². The monoisotopic (exact) mass is 366 g/mol. The number of nitro benzene ring substituents is 1. The van der Waals surface area contributed by atoms with Crippen LogP contribution in [0.4, 0.5) is 11.4 Å². The molecule has 0 fully saturated rings. The van der Waals surface area contributed by atoms with Crippen LogP contribution >= 0.6 is 22.6 Å². The maximum Gasteiger partial charge on any atom is 0.293 e. The van der Waals surface area contributed by atoms with Gasteiger partial charge in [-0.3, -0.25) is 10.1 Å². The second-order valence-corrected chi connectivity index (χ2v) is 4.97. The van der Waals surface area contributed by atoms with Crippen molar-refractivity contribution in [3.8, 4) is 0 Å². The van der Waals surface area contributed by atoms with Crippen molar-refractivity contribution < 1.29 is 14.8 Å². The van der Waals surface area contributed by atoms with E-state index in [1.807, 2.05) is 22.6 Å². The van der Waals surface area contributed by atoms with Gasteiger partial charge in [0.05, 0.1) is 17.6 Å². The second kappa shape index (κ2) is 7.49. The summed E-state index contributed by atoms with van der Waals surface area (Å²) in [5.74, 6) is 0. The third kappa shape index (κ3) is 4.39. The molecule has 7 heteroatoms. The third-order valence-corrected chi connectivity index (χ3v) is 3.08. The van der Waals surface area contributed by atoms with Crippen LogP contribution in [0.25, 0.3) is 0 Å². The number of hydrogen-bond acceptors (Lipinski definition) is 5. The minimum atomic E-state index is -0.435. The first-order valence-corrected chi connectivity index (χ1v) is 6.46. The van der Waals surface area contributed by atoms with Gasteiger partial charge in [0.1, 0.15) is 5.69 Å². The summed E-state index contributed by atoms with van der Waals surface area (Å²) < 4.78 is 5.72. The largest absolute Gasteiger partial charge is 0.394 e. The molecule has 0 amide bonds. The zero-order valence-corrected chi connectivity index (χ0v) is 12.1. The number of nitrogens with one attached hydrogen (secondary N) is 1. The van der Waals surface area contributed by atoms with E-state index in [2.05, 4.69) is 5.32 Å². The van der Waals surface area contributed by atoms with Crippen molar-refractivity contribution in [2.75, 3.05) is 25.6 Å². The van der Waals surface area contributed by atoms with Gasteiger partial charge in [-0.2, -0.15) is 0 Å². The summed E-state index contributed by atoms with van der Waals surface area (Å²) in [6.07, 6.45) is 0.580. The van der Waals surface area contributed by atoms with Gasteiger partial charge in [-0.25, -0.2) is 0 Å². The summed E-state index contributed by atoms with van der Waals surface area (Å²) in [7, 11) is 1.57. The number of methoxy groups -OCH3 is 1. The van der Waals surface area contributed by atoms with Crippen molar-refractivity contribution in [2.45, 2.75) is 12.5 Å². The average Bonchev–Trinajstić information content (AvgIpc) is 2.35. The molecule has 0 spiro atoms. The van der Waals surface area contributed by atoms with E-state index in [9.17, 15) is 15.2 Å². The molecule has 0 saturated carbocycles. The normalized spacial score (nSPS) is 12.2. The van der Waals surface area contributed by atoms with Crippen LogP contribution in [0.15, 0.2) is 18.2 Å². The molecule has 2 N–H and O–H groups in total. The Morgan fingerprint density at radius 1 is 1.61 bits per heavy atom. The van der Waals surface area contributed by atoms with Crippen LogP contribution in [-0.2, 0) is 4.74 Å². The van der Waals surface area contributed by atoms with Gasteiger partial charge in [0, 0.05) is 23.4 Å². The fourth-order valence-corrected chi connectivity index (χ4v) is 1.94. The van der Waals surface area contributed by atoms with Crippen molar-refractivity contribution in [1.29, 1.82) is 0 Å². The molecular formula is C11H15IN2O4. The van der Waals surface area contributed by atoms with E-state index >= 15 is 0 Å². The van der Waals surface area contributed by atoms with Crippen molar-refractivity contribution in [3.05, 3.63) is 31.9 Å². The number of benzene rings is 1. The SMILES string of the molecule is COCCC(CO)Nc1ccc(I)cc1[N+](=O)[O-]. The molecular weight excluding hydrogens is 351 g/mol. The van der Waals surface area contributed by atoms with Gasteiger partial charge in [0.15, 0.2) is 0 Å². The number of halogens is 1. The fourth-order valence-electron chi connectivity index (χ4n) is 1.47. The predicted molar refractivity (Wildman–Crippen MR) is 76.8 cm³/mol. The van der Waals surface area contributed by atoms with Gasteiger partial charge in [-0.05, 0) is 41.1 Å². The van der Waals surface area contributed by atoms with Crippen LogP contribution in [0, 0.1) is 13.7 Å². The summed E-state index contributed by atoms with van der Waals surface area (Å²) in [6, 6.07) is 4.66. The molecule has 0 aliphatic heterocycles. The van der Waals surface area contributed by atoms with Gasteiger partial charge < -0.3 is 15.2 Å². The van der Waals surface area contributed by atoms with Crippen molar-refractivity contribution >= 4 is 34.0 Å². The third-order valence-electron chi connectivity index (χ3n) is 2.41. The molecule has 18 heavy (non-hydrogen) atoms. The molecule has 1 rings (SSSR count). The Labute approximate surface area is 119 Å². The number of anilines is 1.